The first-order valence-electron chi connectivity index (χ1n) is 6.09. The zero-order valence-corrected chi connectivity index (χ0v) is 11.5. The van der Waals surface area contributed by atoms with Gasteiger partial charge in [-0.25, -0.2) is 13.1 Å². The van der Waals surface area contributed by atoms with E-state index in [4.69, 9.17) is 0 Å². The summed E-state index contributed by atoms with van der Waals surface area (Å²) in [5.74, 6) is 0.113. The van der Waals surface area contributed by atoms with Crippen LogP contribution in [-0.4, -0.2) is 31.2 Å². The minimum absolute atomic E-state index is 0.0313. The molecular weight excluding hydrogens is 252 g/mol. The molecule has 1 aromatic heterocycles. The first-order valence-corrected chi connectivity index (χ1v) is 7.57. The van der Waals surface area contributed by atoms with E-state index in [9.17, 15) is 13.5 Å². The van der Waals surface area contributed by atoms with Crippen LogP contribution >= 0.6 is 0 Å². The van der Waals surface area contributed by atoms with Crippen molar-refractivity contribution in [2.75, 3.05) is 6.54 Å². The van der Waals surface area contributed by atoms with E-state index in [0.29, 0.717) is 0 Å². The summed E-state index contributed by atoms with van der Waals surface area (Å²) >= 11 is 0. The van der Waals surface area contributed by atoms with Crippen molar-refractivity contribution in [1.29, 1.82) is 0 Å². The summed E-state index contributed by atoms with van der Waals surface area (Å²) in [5, 5.41) is 9.88. The van der Waals surface area contributed by atoms with E-state index in [1.807, 2.05) is 13.8 Å². The van der Waals surface area contributed by atoms with Crippen LogP contribution in [0.5, 0.6) is 0 Å². The number of nitrogens with zero attached hydrogens (tertiary/aromatic N) is 1. The lowest BCUT2D eigenvalue weighted by atomic mass is 9.97. The highest BCUT2D eigenvalue weighted by molar-refractivity contribution is 7.89. The van der Waals surface area contributed by atoms with E-state index >= 15 is 0 Å². The predicted molar refractivity (Wildman–Crippen MR) is 69.5 cm³/mol. The largest absolute Gasteiger partial charge is 0.391 e. The Morgan fingerprint density at radius 2 is 2.06 bits per heavy atom. The highest BCUT2D eigenvalue weighted by Crippen LogP contribution is 2.13. The van der Waals surface area contributed by atoms with Crippen LogP contribution in [0.25, 0.3) is 0 Å². The van der Waals surface area contributed by atoms with Crippen molar-refractivity contribution >= 4 is 10.0 Å². The fourth-order valence-electron chi connectivity index (χ4n) is 1.78. The van der Waals surface area contributed by atoms with E-state index in [-0.39, 0.29) is 17.4 Å². The summed E-state index contributed by atoms with van der Waals surface area (Å²) in [5.41, 5.74) is 0. The zero-order chi connectivity index (χ0) is 13.6. The van der Waals surface area contributed by atoms with Gasteiger partial charge in [-0.1, -0.05) is 26.7 Å². The molecule has 0 amide bonds. The molecule has 0 aromatic carbocycles. The molecule has 0 aliphatic carbocycles. The van der Waals surface area contributed by atoms with Crippen molar-refractivity contribution in [2.45, 2.75) is 37.7 Å². The fraction of sp³-hybridized carbons (Fsp3) is 0.583. The molecule has 1 heterocycles. The van der Waals surface area contributed by atoms with Crippen molar-refractivity contribution in [3.63, 3.8) is 0 Å². The summed E-state index contributed by atoms with van der Waals surface area (Å²) in [6.45, 7) is 3.99. The maximum atomic E-state index is 11.9. The van der Waals surface area contributed by atoms with Crippen LogP contribution in [0.3, 0.4) is 0 Å². The summed E-state index contributed by atoms with van der Waals surface area (Å²) in [6, 6.07) is 3.03. The van der Waals surface area contributed by atoms with Crippen LogP contribution in [0, 0.1) is 5.92 Å². The zero-order valence-electron chi connectivity index (χ0n) is 10.7. The fourth-order valence-corrected chi connectivity index (χ4v) is 2.80. The van der Waals surface area contributed by atoms with Crippen molar-refractivity contribution < 1.29 is 13.5 Å². The second-order valence-corrected chi connectivity index (χ2v) is 5.95. The van der Waals surface area contributed by atoms with Crippen molar-refractivity contribution in [2.24, 2.45) is 5.92 Å². The van der Waals surface area contributed by atoms with Gasteiger partial charge in [-0.05, 0) is 18.1 Å². The minimum Gasteiger partial charge on any atom is -0.391 e. The standard InChI is InChI=1S/C12H20N2O3S/c1-3-10(4-2)12(15)9-14-18(16,17)11-6-5-7-13-8-11/h5-8,10,12,14-15H,3-4,9H2,1-2H3. The summed E-state index contributed by atoms with van der Waals surface area (Å²) in [4.78, 5) is 3.88. The second kappa shape index (κ2) is 6.82. The average Bonchev–Trinajstić information content (AvgIpc) is 2.39. The molecule has 1 unspecified atom stereocenters. The second-order valence-electron chi connectivity index (χ2n) is 4.18. The molecule has 0 aliphatic rings. The lowest BCUT2D eigenvalue weighted by Gasteiger charge is -2.20. The Labute approximate surface area is 108 Å². The maximum absolute atomic E-state index is 11.9. The Bertz CT molecular complexity index is 444. The number of aromatic nitrogens is 1. The maximum Gasteiger partial charge on any atom is 0.242 e. The van der Waals surface area contributed by atoms with Crippen LogP contribution < -0.4 is 4.72 Å². The van der Waals surface area contributed by atoms with Gasteiger partial charge in [0.2, 0.25) is 10.0 Å². The van der Waals surface area contributed by atoms with Crippen molar-refractivity contribution in [3.8, 4) is 0 Å². The summed E-state index contributed by atoms with van der Waals surface area (Å²) < 4.78 is 26.2. The third kappa shape index (κ3) is 4.04. The Morgan fingerprint density at radius 3 is 2.56 bits per heavy atom. The van der Waals surface area contributed by atoms with Crippen molar-refractivity contribution in [1.82, 2.24) is 9.71 Å². The molecule has 6 heteroatoms. The van der Waals surface area contributed by atoms with Crippen LogP contribution in [0.15, 0.2) is 29.4 Å². The lowest BCUT2D eigenvalue weighted by molar-refractivity contribution is 0.107. The third-order valence-corrected chi connectivity index (χ3v) is 4.43. The number of hydrogen-bond donors (Lipinski definition) is 2. The number of rotatable bonds is 7. The van der Waals surface area contributed by atoms with Gasteiger partial charge >= 0.3 is 0 Å². The first kappa shape index (κ1) is 15.1. The molecule has 1 aromatic rings. The van der Waals surface area contributed by atoms with Crippen LogP contribution in [0.2, 0.25) is 0 Å². The van der Waals surface area contributed by atoms with Gasteiger partial charge in [0.05, 0.1) is 6.10 Å². The van der Waals surface area contributed by atoms with E-state index in [1.54, 1.807) is 6.07 Å². The summed E-state index contributed by atoms with van der Waals surface area (Å²) in [7, 11) is -3.58. The average molecular weight is 272 g/mol. The molecule has 0 saturated heterocycles. The molecule has 0 fully saturated rings. The molecule has 0 spiro atoms. The highest BCUT2D eigenvalue weighted by atomic mass is 32.2. The molecule has 0 radical (unpaired) electrons. The number of pyridine rings is 1. The van der Waals surface area contributed by atoms with Gasteiger partial charge in [0.1, 0.15) is 4.90 Å². The molecule has 2 N–H and O–H groups in total. The molecule has 0 aliphatic heterocycles. The van der Waals surface area contributed by atoms with Crippen LogP contribution in [0.4, 0.5) is 0 Å². The molecule has 0 bridgehead atoms. The number of sulfonamides is 1. The number of aliphatic hydroxyl groups excluding tert-OH is 1. The topological polar surface area (TPSA) is 79.3 Å². The van der Waals surface area contributed by atoms with E-state index in [2.05, 4.69) is 9.71 Å². The Kier molecular flexibility index (Phi) is 5.71. The Hall–Kier alpha value is -0.980. The smallest absolute Gasteiger partial charge is 0.242 e. The SMILES string of the molecule is CCC(CC)C(O)CNS(=O)(=O)c1cccnc1. The molecule has 1 atom stereocenters. The quantitative estimate of drug-likeness (QED) is 0.780. The highest BCUT2D eigenvalue weighted by Gasteiger charge is 2.19. The van der Waals surface area contributed by atoms with Gasteiger partial charge in [0.15, 0.2) is 0 Å². The van der Waals surface area contributed by atoms with Gasteiger partial charge in [-0.3, -0.25) is 4.98 Å². The molecule has 5 nitrogen and oxygen atoms in total. The van der Waals surface area contributed by atoms with E-state index in [1.165, 1.54) is 18.5 Å². The first-order chi connectivity index (χ1) is 8.51. The summed E-state index contributed by atoms with van der Waals surface area (Å²) in [6.07, 6.45) is 3.79. The third-order valence-electron chi connectivity index (χ3n) is 3.02. The number of nitrogens with one attached hydrogen (secondary N) is 1. The molecule has 102 valence electrons. The minimum atomic E-state index is -3.58. The predicted octanol–water partition coefficient (Wildman–Crippen LogP) is 1.16. The van der Waals surface area contributed by atoms with Gasteiger partial charge < -0.3 is 5.11 Å². The number of hydrogen-bond acceptors (Lipinski definition) is 4. The lowest BCUT2D eigenvalue weighted by Crippen LogP contribution is -2.36. The van der Waals surface area contributed by atoms with Crippen LogP contribution in [-0.2, 0) is 10.0 Å². The van der Waals surface area contributed by atoms with Gasteiger partial charge in [0.25, 0.3) is 0 Å². The van der Waals surface area contributed by atoms with Gasteiger partial charge in [-0.2, -0.15) is 0 Å². The van der Waals surface area contributed by atoms with E-state index in [0.717, 1.165) is 12.8 Å². The van der Waals surface area contributed by atoms with Gasteiger partial charge in [0, 0.05) is 18.9 Å². The monoisotopic (exact) mass is 272 g/mol. The number of aliphatic hydroxyl groups is 1. The molecule has 18 heavy (non-hydrogen) atoms. The van der Waals surface area contributed by atoms with Crippen LogP contribution in [0.1, 0.15) is 26.7 Å². The normalized spacial score (nSPS) is 13.8. The Morgan fingerprint density at radius 1 is 1.39 bits per heavy atom. The molecule has 1 rings (SSSR count). The Balaban J connectivity index is 2.63. The van der Waals surface area contributed by atoms with Gasteiger partial charge in [-0.15, -0.1) is 0 Å². The molecule has 0 saturated carbocycles. The van der Waals surface area contributed by atoms with Crippen molar-refractivity contribution in [3.05, 3.63) is 24.5 Å². The van der Waals surface area contributed by atoms with E-state index < -0.39 is 16.1 Å². The molecular formula is C12H20N2O3S.